The van der Waals surface area contributed by atoms with Crippen molar-refractivity contribution < 1.29 is 19.8 Å². The van der Waals surface area contributed by atoms with Gasteiger partial charge in [0.25, 0.3) is 0 Å². The van der Waals surface area contributed by atoms with Gasteiger partial charge >= 0.3 is 132 Å². The molecule has 6 heteroatoms. The minimum absolute atomic E-state index is 0. The first-order valence-corrected chi connectivity index (χ1v) is 5.98. The average molecular weight is 264 g/mol. The van der Waals surface area contributed by atoms with Crippen LogP contribution < -0.4 is 0 Å². The van der Waals surface area contributed by atoms with Gasteiger partial charge in [0.05, 0.1) is 0 Å². The number of aliphatic carboxylic acids is 2. The second-order valence-electron chi connectivity index (χ2n) is 3.73. The van der Waals surface area contributed by atoms with E-state index in [1.807, 2.05) is 0 Å². The zero-order valence-corrected chi connectivity index (χ0v) is 10.4. The molecular weight excluding hydrogens is 242 g/mol. The molecule has 17 heavy (non-hydrogen) atoms. The van der Waals surface area contributed by atoms with Gasteiger partial charge in [-0.2, -0.15) is 0 Å². The summed E-state index contributed by atoms with van der Waals surface area (Å²) in [6.45, 7) is 2.26. The van der Waals surface area contributed by atoms with Crippen molar-refractivity contribution in [2.24, 2.45) is 0 Å². The van der Waals surface area contributed by atoms with E-state index in [9.17, 15) is 9.59 Å². The minimum atomic E-state index is -1.31. The summed E-state index contributed by atoms with van der Waals surface area (Å²) >= 11 is 2.26. The Morgan fingerprint density at radius 2 is 1.35 bits per heavy atom. The standard InChI is InChI=1S/C8H17.C3H4O4.K.Li.H/c1-3-5-7-8-6-4-2;4-2(5)1-3(6)7;;;/h1,3-8H2,2H3;1H2,(H,4,5)(H,6,7);;;. The van der Waals surface area contributed by atoms with E-state index in [1.54, 1.807) is 0 Å². The Morgan fingerprint density at radius 3 is 1.65 bits per heavy atom. The summed E-state index contributed by atoms with van der Waals surface area (Å²) in [6.07, 6.45) is 7.80. The molecule has 0 aromatic rings. The summed E-state index contributed by atoms with van der Waals surface area (Å²) < 4.78 is 0. The predicted molar refractivity (Wildman–Crippen MR) is 71.0 cm³/mol. The van der Waals surface area contributed by atoms with Crippen LogP contribution in [0, 0.1) is 0 Å². The maximum absolute atomic E-state index is 9.43. The summed E-state index contributed by atoms with van der Waals surface area (Å²) in [5.41, 5.74) is 0. The molecule has 4 nitrogen and oxygen atoms in total. The summed E-state index contributed by atoms with van der Waals surface area (Å²) in [7, 11) is 0. The van der Waals surface area contributed by atoms with E-state index in [4.69, 9.17) is 10.2 Å². The number of unbranched alkanes of at least 4 members (excludes halogenated alkanes) is 5. The zero-order valence-electron chi connectivity index (χ0n) is 10.4. The third kappa shape index (κ3) is 31.7. The molecule has 0 aliphatic carbocycles. The van der Waals surface area contributed by atoms with Crippen LogP contribution in [0.4, 0.5) is 0 Å². The Kier molecular flexibility index (Phi) is 26.7. The van der Waals surface area contributed by atoms with Gasteiger partial charge in [0.15, 0.2) is 0 Å². The van der Waals surface area contributed by atoms with E-state index in [0.717, 1.165) is 0 Å². The molecule has 2 N–H and O–H groups in total. The molecule has 0 aliphatic heterocycles. The van der Waals surface area contributed by atoms with Crippen LogP contribution in [0.5, 0.6) is 0 Å². The van der Waals surface area contributed by atoms with E-state index in [-0.39, 0.29) is 51.4 Å². The van der Waals surface area contributed by atoms with E-state index in [1.165, 1.54) is 43.6 Å². The van der Waals surface area contributed by atoms with Gasteiger partial charge in [-0.25, -0.2) is 0 Å². The summed E-state index contributed by atoms with van der Waals surface area (Å²) in [5.74, 6) is -2.62. The van der Waals surface area contributed by atoms with E-state index in [0.29, 0.717) is 0 Å². The molecule has 0 aromatic carbocycles. The van der Waals surface area contributed by atoms with Crippen LogP contribution in [0.3, 0.4) is 0 Å². The van der Waals surface area contributed by atoms with Crippen molar-refractivity contribution in [3.63, 3.8) is 0 Å². The summed E-state index contributed by atoms with van der Waals surface area (Å²) in [5, 5.41) is 16.8. The van der Waals surface area contributed by atoms with Crippen LogP contribution in [0.2, 0.25) is 5.09 Å². The van der Waals surface area contributed by atoms with Crippen LogP contribution in [0.15, 0.2) is 0 Å². The third-order valence-corrected chi connectivity index (χ3v) is 2.01. The number of hydrogen-bond donors (Lipinski definition) is 2. The fraction of sp³-hybridized carbons (Fsp3) is 0.818. The fourth-order valence-corrected chi connectivity index (χ4v) is 1.16. The van der Waals surface area contributed by atoms with Gasteiger partial charge in [0.2, 0.25) is 0 Å². The molecular formula is C11H22KLiO4. The molecule has 0 saturated heterocycles. The van der Waals surface area contributed by atoms with Gasteiger partial charge in [-0.3, -0.25) is 9.59 Å². The molecule has 0 amide bonds. The van der Waals surface area contributed by atoms with E-state index in [2.05, 4.69) is 24.6 Å². The van der Waals surface area contributed by atoms with Crippen molar-refractivity contribution in [2.45, 2.75) is 57.0 Å². The second-order valence-corrected chi connectivity index (χ2v) is 3.73. The van der Waals surface area contributed by atoms with Crippen molar-refractivity contribution in [1.82, 2.24) is 0 Å². The van der Waals surface area contributed by atoms with Crippen LogP contribution in [0.1, 0.15) is 51.9 Å². The van der Waals surface area contributed by atoms with Crippen molar-refractivity contribution in [3.8, 4) is 0 Å². The van der Waals surface area contributed by atoms with Gasteiger partial charge in [-0.15, -0.1) is 0 Å². The molecule has 0 aromatic heterocycles. The molecule has 0 rings (SSSR count). The average Bonchev–Trinajstić information content (AvgIpc) is 2.16. The molecule has 0 aliphatic rings. The fourth-order valence-electron chi connectivity index (χ4n) is 1.16. The molecule has 0 bridgehead atoms. The number of hydrogen-bond acceptors (Lipinski definition) is 2. The van der Waals surface area contributed by atoms with Crippen LogP contribution in [0.25, 0.3) is 0 Å². The van der Waals surface area contributed by atoms with Crippen molar-refractivity contribution in [2.75, 3.05) is 0 Å². The number of carboxylic acid groups (broad SMARTS) is 2. The Morgan fingerprint density at radius 1 is 0.941 bits per heavy atom. The van der Waals surface area contributed by atoms with Gasteiger partial charge in [-0.1, -0.05) is 0 Å². The third-order valence-electron chi connectivity index (χ3n) is 2.01. The van der Waals surface area contributed by atoms with Gasteiger partial charge in [-0.05, 0) is 0 Å². The molecule has 0 unspecified atom stereocenters. The Bertz CT molecular complexity index is 170. The number of carbonyl (C=O) groups is 2. The number of carboxylic acids is 2. The van der Waals surface area contributed by atoms with Crippen LogP contribution >= 0.6 is 0 Å². The Balaban J connectivity index is -0.000000224. The zero-order chi connectivity index (χ0) is 12.8. The first kappa shape index (κ1) is 23.3. The topological polar surface area (TPSA) is 74.6 Å². The normalized spacial score (nSPS) is 8.65. The monoisotopic (exact) mass is 264 g/mol. The van der Waals surface area contributed by atoms with Gasteiger partial charge in [0.1, 0.15) is 6.42 Å². The first-order chi connectivity index (χ1) is 7.54. The molecule has 0 spiro atoms. The second kappa shape index (κ2) is 19.5. The predicted octanol–water partition coefficient (Wildman–Crippen LogP) is 1.83. The molecule has 0 fully saturated rings. The molecule has 0 atom stereocenters. The molecule has 0 heterocycles. The summed E-state index contributed by atoms with van der Waals surface area (Å²) in [4.78, 5) is 18.9. The first-order valence-electron chi connectivity index (χ1n) is 5.98. The van der Waals surface area contributed by atoms with Crippen LogP contribution in [-0.2, 0) is 9.59 Å². The molecule has 92 valence electrons. The SMILES string of the molecule is O=C(O)CC(=O)O.[KH].[Li][CH2]CCCCCCC. The number of rotatable bonds is 8. The van der Waals surface area contributed by atoms with Crippen molar-refractivity contribution >= 4 is 81.0 Å². The summed E-state index contributed by atoms with van der Waals surface area (Å²) in [6, 6.07) is 0. The van der Waals surface area contributed by atoms with Gasteiger partial charge < -0.3 is 10.2 Å². The van der Waals surface area contributed by atoms with Gasteiger partial charge in [0, 0.05) is 0 Å². The Labute approximate surface area is 156 Å². The van der Waals surface area contributed by atoms with Crippen LogP contribution in [-0.4, -0.2) is 91.3 Å². The molecule has 0 radical (unpaired) electrons. The molecule has 0 saturated carbocycles. The van der Waals surface area contributed by atoms with E-state index >= 15 is 0 Å². The van der Waals surface area contributed by atoms with E-state index < -0.39 is 18.4 Å². The Hall–Kier alpha value is 1.17. The maximum atomic E-state index is 9.43. The van der Waals surface area contributed by atoms with Crippen molar-refractivity contribution in [1.29, 1.82) is 0 Å². The quantitative estimate of drug-likeness (QED) is 0.398. The van der Waals surface area contributed by atoms with Crippen molar-refractivity contribution in [3.05, 3.63) is 0 Å².